The van der Waals surface area contributed by atoms with Crippen LogP contribution in [0.1, 0.15) is 59.6 Å². The summed E-state index contributed by atoms with van der Waals surface area (Å²) in [6, 6.07) is 32.5. The number of hydrogen-bond donors (Lipinski definition) is 6. The number of benzene rings is 3. The van der Waals surface area contributed by atoms with Crippen molar-refractivity contribution < 1.29 is 66.1 Å². The molecular weight excluding hydrogens is 1140 g/mol. The third-order valence-electron chi connectivity index (χ3n) is 11.8. The first-order chi connectivity index (χ1) is 41.3. The number of methoxy groups -OCH3 is 3. The van der Waals surface area contributed by atoms with Crippen LogP contribution < -0.4 is 30.7 Å². The van der Waals surface area contributed by atoms with Crippen LogP contribution in [0.15, 0.2) is 174 Å². The summed E-state index contributed by atoms with van der Waals surface area (Å²) in [7, 11) is 4.67. The van der Waals surface area contributed by atoms with E-state index < -0.39 is 11.8 Å². The smallest absolute Gasteiger partial charge is 0.294 e. The van der Waals surface area contributed by atoms with Gasteiger partial charge in [-0.25, -0.2) is 4.98 Å². The van der Waals surface area contributed by atoms with Gasteiger partial charge < -0.3 is 72.8 Å². The van der Waals surface area contributed by atoms with E-state index in [1.54, 1.807) is 105 Å². The number of carbonyl (C=O) groups excluding carboxylic acids is 4. The van der Waals surface area contributed by atoms with Gasteiger partial charge in [0.2, 0.25) is 11.5 Å². The number of imidazole rings is 1. The summed E-state index contributed by atoms with van der Waals surface area (Å²) in [5, 5.41) is 49.3. The summed E-state index contributed by atoms with van der Waals surface area (Å²) >= 11 is 3.08. The molecule has 0 unspecified atom stereocenters. The Bertz CT molecular complexity index is 3890. The Morgan fingerprint density at radius 1 is 0.588 bits per heavy atom. The van der Waals surface area contributed by atoms with Crippen LogP contribution in [0, 0.1) is 13.8 Å². The summed E-state index contributed by atoms with van der Waals surface area (Å²) in [5.74, 6) is 1.74. The van der Waals surface area contributed by atoms with Gasteiger partial charge in [-0.2, -0.15) is 0 Å². The second-order valence-electron chi connectivity index (χ2n) is 17.9. The number of carbonyl (C=O) groups is 4. The molecule has 0 fully saturated rings. The van der Waals surface area contributed by atoms with E-state index in [4.69, 9.17) is 36.7 Å². The topological polar surface area (TPSA) is 320 Å². The lowest BCUT2D eigenvalue weighted by Crippen LogP contribution is -2.27. The second-order valence-corrected chi connectivity index (χ2v) is 19.8. The fraction of sp³-hybridized carbons (Fsp3) is 0.169. The predicted octanol–water partition coefficient (Wildman–Crippen LogP) is 11.0. The highest BCUT2D eigenvalue weighted by molar-refractivity contribution is 7.13. The van der Waals surface area contributed by atoms with Gasteiger partial charge in [0.15, 0.2) is 45.9 Å². The fourth-order valence-corrected chi connectivity index (χ4v) is 8.81. The minimum absolute atomic E-state index is 0.0105. The first kappa shape index (κ1) is 60.5. The lowest BCUT2D eigenvalue weighted by Gasteiger charge is -2.07. The molecule has 0 atom stereocenters. The number of aromatic nitrogens is 6. The number of nitrogens with one attached hydrogen (secondary N) is 4. The van der Waals surface area contributed by atoms with Gasteiger partial charge in [0.25, 0.3) is 23.6 Å². The van der Waals surface area contributed by atoms with E-state index in [2.05, 4.69) is 46.9 Å². The zero-order valence-electron chi connectivity index (χ0n) is 46.3. The SMILES string of the molecule is COCCNC(=O)c1cc(-c2cccs2)on1.COc1ccc(-c2cc(C(=O)Nc3cc(C)ccc3O)on2)cc1OC.Cc1ccc(O)c(NC(=O)c2cc(-c3ccco3)on2)c1.O=C(NCCCn1ccnc1)c1cc(-c2cccs2)on1. The van der Waals surface area contributed by atoms with E-state index in [0.717, 1.165) is 33.8 Å². The van der Waals surface area contributed by atoms with Crippen molar-refractivity contribution in [2.24, 2.45) is 0 Å². The van der Waals surface area contributed by atoms with E-state index in [-0.39, 0.29) is 40.5 Å². The highest BCUT2D eigenvalue weighted by Crippen LogP contribution is 2.33. The summed E-state index contributed by atoms with van der Waals surface area (Å²) in [4.78, 5) is 53.9. The van der Waals surface area contributed by atoms with Crippen LogP contribution in [0.5, 0.6) is 23.0 Å². The molecule has 0 radical (unpaired) electrons. The molecule has 24 nitrogen and oxygen atoms in total. The largest absolute Gasteiger partial charge is 0.506 e. The molecule has 26 heteroatoms. The van der Waals surface area contributed by atoms with Crippen LogP contribution in [0.4, 0.5) is 11.4 Å². The summed E-state index contributed by atoms with van der Waals surface area (Å²) < 4.78 is 42.9. The molecule has 0 spiro atoms. The number of phenols is 2. The van der Waals surface area contributed by atoms with Gasteiger partial charge in [0.05, 0.1) is 54.5 Å². The van der Waals surface area contributed by atoms with Gasteiger partial charge in [-0.05, 0) is 109 Å². The summed E-state index contributed by atoms with van der Waals surface area (Å²) in [6.07, 6.45) is 7.72. The zero-order valence-corrected chi connectivity index (χ0v) is 47.9. The molecule has 85 heavy (non-hydrogen) atoms. The Balaban J connectivity index is 0.000000149. The molecule has 0 aliphatic carbocycles. The number of hydrogen-bond acceptors (Lipinski definition) is 21. The molecule has 0 aliphatic heterocycles. The van der Waals surface area contributed by atoms with Crippen LogP contribution >= 0.6 is 22.7 Å². The molecule has 11 rings (SSSR count). The minimum atomic E-state index is -0.509. The van der Waals surface area contributed by atoms with Crippen molar-refractivity contribution in [3.8, 4) is 67.1 Å². The van der Waals surface area contributed by atoms with Crippen LogP contribution in [-0.4, -0.2) is 105 Å². The Labute approximate surface area is 492 Å². The molecule has 8 heterocycles. The molecule has 438 valence electrons. The molecule has 0 aliphatic rings. The minimum Gasteiger partial charge on any atom is -0.506 e. The Kier molecular flexibility index (Phi) is 21.3. The van der Waals surface area contributed by atoms with Gasteiger partial charge >= 0.3 is 0 Å². The van der Waals surface area contributed by atoms with Crippen LogP contribution in [-0.2, 0) is 11.3 Å². The molecule has 0 saturated heterocycles. The Morgan fingerprint density at radius 2 is 1.18 bits per heavy atom. The average Bonchev–Trinajstić information content (AvgIpc) is 4.57. The van der Waals surface area contributed by atoms with Gasteiger partial charge in [-0.15, -0.1) is 22.7 Å². The summed E-state index contributed by atoms with van der Waals surface area (Å²) in [5.41, 5.74) is 4.32. The lowest BCUT2D eigenvalue weighted by molar-refractivity contribution is 0.0924. The van der Waals surface area contributed by atoms with Crippen molar-refractivity contribution in [3.63, 3.8) is 0 Å². The monoisotopic (exact) mass is 1190 g/mol. The van der Waals surface area contributed by atoms with E-state index in [1.807, 2.05) is 59.6 Å². The van der Waals surface area contributed by atoms with E-state index in [1.165, 1.54) is 49.0 Å². The van der Waals surface area contributed by atoms with Crippen LogP contribution in [0.25, 0.3) is 44.1 Å². The third-order valence-corrected chi connectivity index (χ3v) is 13.5. The number of phenolic OH excluding ortho intramolecular Hbond substituents is 2. The number of furan rings is 1. The maximum atomic E-state index is 12.3. The summed E-state index contributed by atoms with van der Waals surface area (Å²) in [6.45, 7) is 6.05. The molecule has 6 N–H and O–H groups in total. The average molecular weight is 1190 g/mol. The number of amides is 4. The van der Waals surface area contributed by atoms with Crippen molar-refractivity contribution in [3.05, 3.63) is 185 Å². The predicted molar refractivity (Wildman–Crippen MR) is 314 cm³/mol. The van der Waals surface area contributed by atoms with Gasteiger partial charge in [-0.1, -0.05) is 44.9 Å². The first-order valence-electron chi connectivity index (χ1n) is 25.7. The molecule has 4 amide bonds. The second kappa shape index (κ2) is 29.9. The molecule has 11 aromatic rings. The van der Waals surface area contributed by atoms with Crippen molar-refractivity contribution in [2.45, 2.75) is 26.8 Å². The van der Waals surface area contributed by atoms with Crippen molar-refractivity contribution in [2.75, 3.05) is 51.7 Å². The number of aromatic hydroxyl groups is 2. The van der Waals surface area contributed by atoms with Crippen LogP contribution in [0.3, 0.4) is 0 Å². The normalized spacial score (nSPS) is 10.5. The standard InChI is InChI=1S/C19H18N2O5.C15H12N2O4.C14H14N4O2S.C11H12N2O3S/c1-11-4-6-15(22)14(8-11)20-19(23)18-10-13(21-26-18)12-5-7-16(24-2)17(9-12)25-3;1-9-4-5-12(18)10(7-9)16-15(19)11-8-14(21-17-11)13-3-2-6-20-13;19-14(16-4-2-6-18-7-5-15-10-18)11-9-12(20-17-11)13-3-1-8-21-13;1-15-5-4-12-11(14)8-7-9(16-13-8)10-3-2-6-17-10/h4-10,22H,1-3H3,(H,20,23);2-8,18H,1H3,(H,16,19);1,3,5,7-10H,2,4,6H2,(H,16,19);2-3,6-7H,4-5H2,1H3,(H,12,14). The number of nitrogens with zero attached hydrogens (tertiary/aromatic N) is 6. The van der Waals surface area contributed by atoms with Crippen molar-refractivity contribution >= 4 is 57.7 Å². The molecule has 0 bridgehead atoms. The molecular formula is C59H56N10O14S2. The zero-order chi connectivity index (χ0) is 60.1. The lowest BCUT2D eigenvalue weighted by atomic mass is 10.1. The van der Waals surface area contributed by atoms with E-state index in [9.17, 15) is 29.4 Å². The quantitative estimate of drug-likeness (QED) is 0.0324. The van der Waals surface area contributed by atoms with E-state index >= 15 is 0 Å². The van der Waals surface area contributed by atoms with Gasteiger partial charge in [0.1, 0.15) is 17.2 Å². The fourth-order valence-electron chi connectivity index (χ4n) is 7.47. The number of anilines is 2. The van der Waals surface area contributed by atoms with Crippen molar-refractivity contribution in [1.29, 1.82) is 0 Å². The molecule has 8 aromatic heterocycles. The van der Waals surface area contributed by atoms with Crippen LogP contribution in [0.2, 0.25) is 0 Å². The van der Waals surface area contributed by atoms with Crippen molar-refractivity contribution in [1.82, 2.24) is 40.8 Å². The molecule has 0 saturated carbocycles. The number of aryl methyl sites for hydroxylation is 3. The Hall–Kier alpha value is -10.6. The van der Waals surface area contributed by atoms with Gasteiger partial charge in [0, 0.05) is 69.0 Å². The Morgan fingerprint density at radius 3 is 1.73 bits per heavy atom. The third kappa shape index (κ3) is 17.0. The maximum Gasteiger partial charge on any atom is 0.294 e. The van der Waals surface area contributed by atoms with E-state index in [0.29, 0.717) is 82.6 Å². The first-order valence-corrected chi connectivity index (χ1v) is 27.5. The number of thiophene rings is 2. The highest BCUT2D eigenvalue weighted by Gasteiger charge is 2.20. The maximum absolute atomic E-state index is 12.3. The van der Waals surface area contributed by atoms with Gasteiger partial charge in [-0.3, -0.25) is 19.2 Å². The molecule has 3 aromatic carbocycles. The number of ether oxygens (including phenoxy) is 3. The highest BCUT2D eigenvalue weighted by atomic mass is 32.1. The number of rotatable bonds is 19.